The summed E-state index contributed by atoms with van der Waals surface area (Å²) >= 11 is 12.3. The Morgan fingerprint density at radius 1 is 1.14 bits per heavy atom. The second kappa shape index (κ2) is 6.04. The first-order valence-electron chi connectivity index (χ1n) is 6.59. The summed E-state index contributed by atoms with van der Waals surface area (Å²) in [7, 11) is 0. The first kappa shape index (κ1) is 16.4. The van der Waals surface area contributed by atoms with Crippen LogP contribution in [0.4, 0.5) is 11.8 Å². The highest BCUT2D eigenvalue weighted by atomic mass is 35.5. The molecule has 4 N–H and O–H groups in total. The van der Waals surface area contributed by atoms with Crippen LogP contribution in [0.25, 0.3) is 0 Å². The van der Waals surface area contributed by atoms with Crippen LogP contribution in [0, 0.1) is 18.8 Å². The average molecular weight is 335 g/mol. The number of nitrogen functional groups attached to an aromatic ring is 2. The van der Waals surface area contributed by atoms with Crippen LogP contribution in [0.3, 0.4) is 0 Å². The molecule has 0 amide bonds. The highest BCUT2D eigenvalue weighted by Crippen LogP contribution is 2.34. The fraction of sp³-hybridized carbons (Fsp3) is 0.250. The molecule has 0 aliphatic carbocycles. The largest absolute Gasteiger partial charge is 0.382 e. The number of hydrogen-bond donors (Lipinski definition) is 2. The third-order valence-corrected chi connectivity index (χ3v) is 4.08. The van der Waals surface area contributed by atoms with Gasteiger partial charge >= 0.3 is 0 Å². The third kappa shape index (κ3) is 3.27. The van der Waals surface area contributed by atoms with Gasteiger partial charge in [0.2, 0.25) is 5.95 Å². The standard InChI is InChI=1S/C16H16Cl2N4/c1-9-10(14(19)22-15(20)21-9)7-8-16(2,3)11-5-4-6-12(17)13(11)18/h4-6H,1-3H3,(H4,19,20,21,22). The normalized spacial score (nSPS) is 11.0. The van der Waals surface area contributed by atoms with Gasteiger partial charge in [0.25, 0.3) is 0 Å². The van der Waals surface area contributed by atoms with E-state index in [1.165, 1.54) is 0 Å². The Bertz CT molecular complexity index is 765. The van der Waals surface area contributed by atoms with Crippen LogP contribution < -0.4 is 11.5 Å². The van der Waals surface area contributed by atoms with E-state index < -0.39 is 5.41 Å². The maximum atomic E-state index is 6.28. The minimum absolute atomic E-state index is 0.137. The maximum absolute atomic E-state index is 6.28. The van der Waals surface area contributed by atoms with Gasteiger partial charge in [-0.2, -0.15) is 4.98 Å². The minimum Gasteiger partial charge on any atom is -0.382 e. The van der Waals surface area contributed by atoms with Crippen molar-refractivity contribution in [3.05, 3.63) is 45.1 Å². The van der Waals surface area contributed by atoms with Crippen LogP contribution in [-0.2, 0) is 5.41 Å². The number of halogens is 2. The molecule has 114 valence electrons. The lowest BCUT2D eigenvalue weighted by Gasteiger charge is -2.20. The maximum Gasteiger partial charge on any atom is 0.222 e. The van der Waals surface area contributed by atoms with E-state index in [1.807, 2.05) is 26.0 Å². The Labute approximate surface area is 139 Å². The Kier molecular flexibility index (Phi) is 4.50. The lowest BCUT2D eigenvalue weighted by atomic mass is 9.85. The number of hydrogen-bond acceptors (Lipinski definition) is 4. The molecule has 0 aliphatic rings. The average Bonchev–Trinajstić information content (AvgIpc) is 2.40. The molecule has 0 bridgehead atoms. The zero-order chi connectivity index (χ0) is 16.5. The number of benzene rings is 1. The molecule has 0 atom stereocenters. The van der Waals surface area contributed by atoms with Crippen LogP contribution in [-0.4, -0.2) is 9.97 Å². The molecule has 0 radical (unpaired) electrons. The van der Waals surface area contributed by atoms with Crippen LogP contribution in [0.5, 0.6) is 0 Å². The second-order valence-corrected chi connectivity index (χ2v) is 6.19. The zero-order valence-corrected chi connectivity index (χ0v) is 14.0. The van der Waals surface area contributed by atoms with Crippen molar-refractivity contribution >= 4 is 35.0 Å². The van der Waals surface area contributed by atoms with Crippen molar-refractivity contribution in [2.75, 3.05) is 11.5 Å². The van der Waals surface area contributed by atoms with Gasteiger partial charge in [-0.25, -0.2) is 4.98 Å². The van der Waals surface area contributed by atoms with E-state index in [0.717, 1.165) is 5.56 Å². The molecule has 6 heteroatoms. The fourth-order valence-corrected chi connectivity index (χ4v) is 2.58. The Hall–Kier alpha value is -1.96. The molecule has 4 nitrogen and oxygen atoms in total. The summed E-state index contributed by atoms with van der Waals surface area (Å²) in [5.74, 6) is 6.61. The smallest absolute Gasteiger partial charge is 0.222 e. The molecule has 1 aromatic heterocycles. The SMILES string of the molecule is Cc1nc(N)nc(N)c1C#CC(C)(C)c1cccc(Cl)c1Cl. The molecular weight excluding hydrogens is 319 g/mol. The third-order valence-electron chi connectivity index (χ3n) is 3.26. The lowest BCUT2D eigenvalue weighted by molar-refractivity contribution is 0.698. The van der Waals surface area contributed by atoms with Gasteiger partial charge in [-0.1, -0.05) is 47.2 Å². The number of rotatable bonds is 1. The van der Waals surface area contributed by atoms with Crippen molar-refractivity contribution in [1.82, 2.24) is 9.97 Å². The highest BCUT2D eigenvalue weighted by Gasteiger charge is 2.22. The summed E-state index contributed by atoms with van der Waals surface area (Å²) in [6.45, 7) is 5.71. The molecule has 2 rings (SSSR count). The van der Waals surface area contributed by atoms with Crippen LogP contribution in [0.15, 0.2) is 18.2 Å². The van der Waals surface area contributed by atoms with Gasteiger partial charge in [-0.05, 0) is 32.4 Å². The molecule has 0 aliphatic heterocycles. The van der Waals surface area contributed by atoms with E-state index >= 15 is 0 Å². The number of aryl methyl sites for hydroxylation is 1. The molecule has 2 aromatic rings. The van der Waals surface area contributed by atoms with E-state index in [4.69, 9.17) is 34.7 Å². The van der Waals surface area contributed by atoms with Crippen molar-refractivity contribution in [3.8, 4) is 11.8 Å². The molecule has 22 heavy (non-hydrogen) atoms. The summed E-state index contributed by atoms with van der Waals surface area (Å²) < 4.78 is 0. The quantitative estimate of drug-likeness (QED) is 0.781. The second-order valence-electron chi connectivity index (χ2n) is 5.40. The van der Waals surface area contributed by atoms with E-state index in [9.17, 15) is 0 Å². The number of anilines is 2. The van der Waals surface area contributed by atoms with Gasteiger partial charge in [-0.3, -0.25) is 0 Å². The molecule has 0 saturated carbocycles. The van der Waals surface area contributed by atoms with Gasteiger partial charge in [0.1, 0.15) is 5.82 Å². The molecule has 0 unspecified atom stereocenters. The highest BCUT2D eigenvalue weighted by molar-refractivity contribution is 6.42. The summed E-state index contributed by atoms with van der Waals surface area (Å²) in [5.41, 5.74) is 13.0. The fourth-order valence-electron chi connectivity index (χ4n) is 2.04. The summed E-state index contributed by atoms with van der Waals surface area (Å²) in [6.07, 6.45) is 0. The van der Waals surface area contributed by atoms with Crippen molar-refractivity contribution in [2.45, 2.75) is 26.2 Å². The van der Waals surface area contributed by atoms with Crippen LogP contribution in [0.2, 0.25) is 10.0 Å². The summed E-state index contributed by atoms with van der Waals surface area (Å²) in [5, 5.41) is 1.00. The molecule has 0 fully saturated rings. The van der Waals surface area contributed by atoms with Gasteiger partial charge in [-0.15, -0.1) is 0 Å². The van der Waals surface area contributed by atoms with Gasteiger partial charge in [0.05, 0.1) is 26.7 Å². The van der Waals surface area contributed by atoms with E-state index in [0.29, 0.717) is 21.3 Å². The van der Waals surface area contributed by atoms with E-state index in [2.05, 4.69) is 21.8 Å². The Balaban J connectivity index is 2.49. The monoisotopic (exact) mass is 334 g/mol. The molecule has 1 heterocycles. The number of nitrogens with two attached hydrogens (primary N) is 2. The lowest BCUT2D eigenvalue weighted by Crippen LogP contribution is -2.15. The van der Waals surface area contributed by atoms with Crippen molar-refractivity contribution in [1.29, 1.82) is 0 Å². The van der Waals surface area contributed by atoms with Crippen molar-refractivity contribution in [3.63, 3.8) is 0 Å². The molecule has 0 saturated heterocycles. The van der Waals surface area contributed by atoms with Crippen LogP contribution in [0.1, 0.15) is 30.7 Å². The van der Waals surface area contributed by atoms with Crippen molar-refractivity contribution in [2.24, 2.45) is 0 Å². The number of aromatic nitrogens is 2. The van der Waals surface area contributed by atoms with Gasteiger partial charge < -0.3 is 11.5 Å². The molecule has 0 spiro atoms. The molecular formula is C16H16Cl2N4. The van der Waals surface area contributed by atoms with E-state index in [-0.39, 0.29) is 11.8 Å². The minimum atomic E-state index is -0.512. The van der Waals surface area contributed by atoms with Crippen LogP contribution >= 0.6 is 23.2 Å². The topological polar surface area (TPSA) is 77.8 Å². The summed E-state index contributed by atoms with van der Waals surface area (Å²) in [6, 6.07) is 5.49. The van der Waals surface area contributed by atoms with Gasteiger partial charge in [0.15, 0.2) is 0 Å². The Morgan fingerprint density at radius 3 is 2.45 bits per heavy atom. The zero-order valence-electron chi connectivity index (χ0n) is 12.5. The van der Waals surface area contributed by atoms with Gasteiger partial charge in [0, 0.05) is 0 Å². The predicted octanol–water partition coefficient (Wildman–Crippen LogP) is 3.59. The summed E-state index contributed by atoms with van der Waals surface area (Å²) in [4.78, 5) is 8.01. The van der Waals surface area contributed by atoms with E-state index in [1.54, 1.807) is 13.0 Å². The molecule has 1 aromatic carbocycles. The number of nitrogens with zero attached hydrogens (tertiary/aromatic N) is 2. The Morgan fingerprint density at radius 2 is 1.82 bits per heavy atom. The first-order valence-corrected chi connectivity index (χ1v) is 7.35. The predicted molar refractivity (Wildman–Crippen MR) is 92.0 cm³/mol. The first-order chi connectivity index (χ1) is 10.2. The van der Waals surface area contributed by atoms with Crippen molar-refractivity contribution < 1.29 is 0 Å².